The monoisotopic (exact) mass is 430 g/mol. The Balaban J connectivity index is 1.56. The van der Waals surface area contributed by atoms with Gasteiger partial charge in [-0.3, -0.25) is 5.73 Å². The summed E-state index contributed by atoms with van der Waals surface area (Å²) in [5.41, 5.74) is 11.2. The summed E-state index contributed by atoms with van der Waals surface area (Å²) in [5, 5.41) is 10.6. The van der Waals surface area contributed by atoms with Gasteiger partial charge in [0, 0.05) is 0 Å². The molecular formula is C27H32N3O2+. The van der Waals surface area contributed by atoms with Crippen LogP contribution < -0.4 is 15.0 Å². The number of imidazole rings is 1. The molecule has 5 nitrogen and oxygen atoms in total. The van der Waals surface area contributed by atoms with Crippen LogP contribution in [0.25, 0.3) is 11.0 Å². The van der Waals surface area contributed by atoms with Crippen molar-refractivity contribution >= 4 is 17.0 Å². The number of ether oxygens (including phenoxy) is 1. The minimum atomic E-state index is -0.687. The molecule has 0 aliphatic carbocycles. The lowest BCUT2D eigenvalue weighted by Crippen LogP contribution is -2.38. The topological polar surface area (TPSA) is 64.3 Å². The zero-order chi connectivity index (χ0) is 22.7. The van der Waals surface area contributed by atoms with Crippen molar-refractivity contribution in [2.45, 2.75) is 45.4 Å². The number of benzene rings is 3. The Kier molecular flexibility index (Phi) is 6.19. The van der Waals surface area contributed by atoms with Crippen molar-refractivity contribution < 1.29 is 14.4 Å². The Morgan fingerprint density at radius 2 is 1.59 bits per heavy atom. The zero-order valence-electron chi connectivity index (χ0n) is 19.0. The van der Waals surface area contributed by atoms with Crippen LogP contribution in [0.1, 0.15) is 31.9 Å². The lowest BCUT2D eigenvalue weighted by molar-refractivity contribution is -0.648. The average Bonchev–Trinajstić information content (AvgIpc) is 3.04. The number of nitrogen functional groups attached to an aromatic ring is 1. The van der Waals surface area contributed by atoms with Crippen LogP contribution in [0.15, 0.2) is 78.9 Å². The fourth-order valence-electron chi connectivity index (χ4n) is 3.94. The SMILES string of the molecule is CC(C)(C)c1ccc(C[n+]2c(N)n(CC(O)COc3ccccc3)c3ccccc32)cc1. The second kappa shape index (κ2) is 9.05. The Bertz CT molecular complexity index is 1180. The Morgan fingerprint density at radius 3 is 2.28 bits per heavy atom. The van der Waals surface area contributed by atoms with Gasteiger partial charge in [-0.15, -0.1) is 0 Å². The molecule has 0 saturated carbocycles. The standard InChI is InChI=1S/C27H31N3O2/c1-27(2,3)21-15-13-20(14-16-21)17-29-24-11-7-8-12-25(24)30(26(29)28)18-22(31)19-32-23-9-5-4-6-10-23/h4-16,22,28,31H,17-19H2,1-3H3/p+1. The van der Waals surface area contributed by atoms with E-state index in [4.69, 9.17) is 10.5 Å². The van der Waals surface area contributed by atoms with E-state index in [9.17, 15) is 5.11 Å². The molecule has 3 N–H and O–H groups in total. The molecule has 0 aliphatic rings. The van der Waals surface area contributed by atoms with Gasteiger partial charge in [0.15, 0.2) is 0 Å². The third-order valence-electron chi connectivity index (χ3n) is 5.76. The van der Waals surface area contributed by atoms with E-state index < -0.39 is 6.10 Å². The van der Waals surface area contributed by atoms with Crippen molar-refractivity contribution in [3.8, 4) is 5.75 Å². The summed E-state index contributed by atoms with van der Waals surface area (Å²) in [7, 11) is 0. The van der Waals surface area contributed by atoms with Crippen molar-refractivity contribution in [1.82, 2.24) is 4.57 Å². The summed E-state index contributed by atoms with van der Waals surface area (Å²) in [6.45, 7) is 7.87. The molecule has 1 heterocycles. The van der Waals surface area contributed by atoms with Crippen LogP contribution in [0.2, 0.25) is 0 Å². The Hall–Kier alpha value is -3.31. The quantitative estimate of drug-likeness (QED) is 0.430. The highest BCUT2D eigenvalue weighted by molar-refractivity contribution is 5.74. The number of hydrogen-bond donors (Lipinski definition) is 2. The largest absolute Gasteiger partial charge is 0.491 e. The summed E-state index contributed by atoms with van der Waals surface area (Å²) in [4.78, 5) is 0. The highest BCUT2D eigenvalue weighted by Gasteiger charge is 2.23. The van der Waals surface area contributed by atoms with Crippen LogP contribution in [0.4, 0.5) is 5.95 Å². The summed E-state index contributed by atoms with van der Waals surface area (Å²) in [6, 6.07) is 26.4. The maximum Gasteiger partial charge on any atom is 0.356 e. The normalized spacial score (nSPS) is 12.8. The minimum absolute atomic E-state index is 0.124. The van der Waals surface area contributed by atoms with E-state index >= 15 is 0 Å². The highest BCUT2D eigenvalue weighted by Crippen LogP contribution is 2.23. The maximum atomic E-state index is 10.6. The molecule has 166 valence electrons. The molecule has 1 atom stereocenters. The van der Waals surface area contributed by atoms with Gasteiger partial charge in [0.1, 0.15) is 36.0 Å². The molecule has 0 aliphatic heterocycles. The molecule has 0 radical (unpaired) electrons. The van der Waals surface area contributed by atoms with E-state index in [2.05, 4.69) is 55.7 Å². The third kappa shape index (κ3) is 4.78. The predicted octanol–water partition coefficient (Wildman–Crippen LogP) is 4.30. The van der Waals surface area contributed by atoms with Gasteiger partial charge in [0.2, 0.25) is 0 Å². The number of hydrogen-bond acceptors (Lipinski definition) is 3. The summed E-state index contributed by atoms with van der Waals surface area (Å²) in [5.74, 6) is 1.36. The molecule has 1 unspecified atom stereocenters. The predicted molar refractivity (Wildman–Crippen MR) is 129 cm³/mol. The number of nitrogens with zero attached hydrogens (tertiary/aromatic N) is 2. The van der Waals surface area contributed by atoms with E-state index in [-0.39, 0.29) is 12.0 Å². The molecule has 1 aromatic heterocycles. The fraction of sp³-hybridized carbons (Fsp3) is 0.296. The number of aliphatic hydroxyl groups excluding tert-OH is 1. The molecule has 0 spiro atoms. The fourth-order valence-corrected chi connectivity index (χ4v) is 3.94. The lowest BCUT2D eigenvalue weighted by atomic mass is 9.87. The van der Waals surface area contributed by atoms with E-state index in [0.717, 1.165) is 16.8 Å². The minimum Gasteiger partial charge on any atom is -0.491 e. The number of aliphatic hydroxyl groups is 1. The molecule has 0 bridgehead atoms. The molecular weight excluding hydrogens is 398 g/mol. The van der Waals surface area contributed by atoms with Crippen molar-refractivity contribution in [2.24, 2.45) is 0 Å². The van der Waals surface area contributed by atoms with Gasteiger partial charge in [-0.1, -0.05) is 75.4 Å². The van der Waals surface area contributed by atoms with Crippen LogP contribution in [0, 0.1) is 0 Å². The van der Waals surface area contributed by atoms with Crippen molar-refractivity contribution in [3.05, 3.63) is 90.0 Å². The lowest BCUT2D eigenvalue weighted by Gasteiger charge is -2.19. The Labute approximate surface area is 189 Å². The van der Waals surface area contributed by atoms with E-state index in [0.29, 0.717) is 19.0 Å². The van der Waals surface area contributed by atoms with E-state index in [1.165, 1.54) is 11.1 Å². The first kappa shape index (κ1) is 21.9. The molecule has 4 aromatic rings. The second-order valence-corrected chi connectivity index (χ2v) is 9.27. The average molecular weight is 431 g/mol. The zero-order valence-corrected chi connectivity index (χ0v) is 19.0. The molecule has 0 fully saturated rings. The number of fused-ring (bicyclic) bond motifs is 1. The second-order valence-electron chi connectivity index (χ2n) is 9.27. The van der Waals surface area contributed by atoms with Gasteiger partial charge in [-0.05, 0) is 40.8 Å². The van der Waals surface area contributed by atoms with Crippen LogP contribution in [0.5, 0.6) is 5.75 Å². The molecule has 4 rings (SSSR count). The van der Waals surface area contributed by atoms with Gasteiger partial charge in [-0.2, -0.15) is 0 Å². The first-order valence-corrected chi connectivity index (χ1v) is 11.0. The molecule has 3 aromatic carbocycles. The highest BCUT2D eigenvalue weighted by atomic mass is 16.5. The van der Waals surface area contributed by atoms with Gasteiger partial charge in [0.25, 0.3) is 0 Å². The summed E-state index contributed by atoms with van der Waals surface area (Å²) >= 11 is 0. The van der Waals surface area contributed by atoms with Crippen molar-refractivity contribution in [1.29, 1.82) is 0 Å². The first-order valence-electron chi connectivity index (χ1n) is 11.0. The summed E-state index contributed by atoms with van der Waals surface area (Å²) in [6.07, 6.45) is -0.687. The van der Waals surface area contributed by atoms with Crippen LogP contribution >= 0.6 is 0 Å². The number of para-hydroxylation sites is 3. The van der Waals surface area contributed by atoms with E-state index in [1.807, 2.05) is 53.1 Å². The summed E-state index contributed by atoms with van der Waals surface area (Å²) < 4.78 is 9.80. The first-order chi connectivity index (χ1) is 15.3. The van der Waals surface area contributed by atoms with Gasteiger partial charge in [0.05, 0.1) is 6.54 Å². The number of rotatable bonds is 7. The van der Waals surface area contributed by atoms with Crippen LogP contribution in [-0.2, 0) is 18.5 Å². The van der Waals surface area contributed by atoms with Gasteiger partial charge >= 0.3 is 5.95 Å². The van der Waals surface area contributed by atoms with Gasteiger partial charge in [-0.25, -0.2) is 9.13 Å². The molecule has 0 saturated heterocycles. The van der Waals surface area contributed by atoms with E-state index in [1.54, 1.807) is 0 Å². The maximum absolute atomic E-state index is 10.6. The van der Waals surface area contributed by atoms with Gasteiger partial charge < -0.3 is 9.84 Å². The molecule has 0 amide bonds. The third-order valence-corrected chi connectivity index (χ3v) is 5.76. The smallest absolute Gasteiger partial charge is 0.356 e. The molecule has 32 heavy (non-hydrogen) atoms. The van der Waals surface area contributed by atoms with Crippen molar-refractivity contribution in [2.75, 3.05) is 12.3 Å². The number of nitrogens with two attached hydrogens (primary N) is 1. The number of anilines is 1. The number of aromatic nitrogens is 2. The Morgan fingerprint density at radius 1 is 0.938 bits per heavy atom. The van der Waals surface area contributed by atoms with Crippen molar-refractivity contribution in [3.63, 3.8) is 0 Å². The van der Waals surface area contributed by atoms with Crippen LogP contribution in [0.3, 0.4) is 0 Å². The van der Waals surface area contributed by atoms with Crippen LogP contribution in [-0.4, -0.2) is 22.4 Å². The molecule has 5 heteroatoms.